The molecule has 4 heteroatoms. The molecule has 1 rings (SSSR count). The lowest BCUT2D eigenvalue weighted by Crippen LogP contribution is -2.39. The van der Waals surface area contributed by atoms with Gasteiger partial charge in [-0.05, 0) is 38.5 Å². The molecule has 1 atom stereocenters. The highest BCUT2D eigenvalue weighted by Gasteiger charge is 2.26. The first-order valence-electron chi connectivity index (χ1n) is 7.59. The summed E-state index contributed by atoms with van der Waals surface area (Å²) in [6.45, 7) is 11.0. The normalized spacial score (nSPS) is 21.3. The maximum atomic E-state index is 12.1. The van der Waals surface area contributed by atoms with Crippen molar-refractivity contribution in [2.45, 2.75) is 53.2 Å². The molecule has 1 amide bonds. The summed E-state index contributed by atoms with van der Waals surface area (Å²) < 4.78 is 11.1. The van der Waals surface area contributed by atoms with E-state index in [9.17, 15) is 4.79 Å². The summed E-state index contributed by atoms with van der Waals surface area (Å²) in [6.07, 6.45) is 2.48. The Labute approximate surface area is 117 Å². The van der Waals surface area contributed by atoms with Crippen LogP contribution in [0.1, 0.15) is 47.0 Å². The van der Waals surface area contributed by atoms with E-state index in [4.69, 9.17) is 9.47 Å². The van der Waals surface area contributed by atoms with Gasteiger partial charge in [0, 0.05) is 26.2 Å². The second-order valence-electron chi connectivity index (χ2n) is 5.51. The van der Waals surface area contributed by atoms with Crippen LogP contribution >= 0.6 is 0 Å². The highest BCUT2D eigenvalue weighted by atomic mass is 16.7. The first-order chi connectivity index (χ1) is 9.08. The average molecular weight is 271 g/mol. The Morgan fingerprint density at radius 2 is 1.84 bits per heavy atom. The van der Waals surface area contributed by atoms with E-state index in [1.54, 1.807) is 0 Å². The zero-order valence-corrected chi connectivity index (χ0v) is 12.9. The van der Waals surface area contributed by atoms with E-state index in [0.717, 1.165) is 19.4 Å². The van der Waals surface area contributed by atoms with Crippen molar-refractivity contribution in [1.82, 2.24) is 4.90 Å². The van der Waals surface area contributed by atoms with Crippen LogP contribution < -0.4 is 0 Å². The zero-order chi connectivity index (χ0) is 14.3. The minimum Gasteiger partial charge on any atom is -0.351 e. The molecule has 0 spiro atoms. The van der Waals surface area contributed by atoms with Crippen LogP contribution in [0.15, 0.2) is 0 Å². The van der Waals surface area contributed by atoms with Crippen molar-refractivity contribution in [3.05, 3.63) is 0 Å². The minimum atomic E-state index is -0.283. The van der Waals surface area contributed by atoms with Crippen LogP contribution in [0.3, 0.4) is 0 Å². The molecule has 0 N–H and O–H groups in total. The lowest BCUT2D eigenvalue weighted by atomic mass is 9.89. The Morgan fingerprint density at radius 1 is 1.21 bits per heavy atom. The molecule has 0 saturated carbocycles. The zero-order valence-electron chi connectivity index (χ0n) is 12.9. The molecule has 0 aromatic rings. The smallest absolute Gasteiger partial charge is 0.222 e. The van der Waals surface area contributed by atoms with Gasteiger partial charge in [0.25, 0.3) is 0 Å². The Kier molecular flexibility index (Phi) is 7.39. The Balaban J connectivity index is 2.53. The molecule has 1 unspecified atom stereocenters. The van der Waals surface area contributed by atoms with Gasteiger partial charge in [0.1, 0.15) is 0 Å². The summed E-state index contributed by atoms with van der Waals surface area (Å²) in [4.78, 5) is 14.1. The van der Waals surface area contributed by atoms with E-state index in [2.05, 4.69) is 13.8 Å². The lowest BCUT2D eigenvalue weighted by molar-refractivity contribution is -0.158. The van der Waals surface area contributed by atoms with E-state index < -0.39 is 0 Å². The van der Waals surface area contributed by atoms with Crippen LogP contribution in [-0.2, 0) is 14.3 Å². The predicted molar refractivity (Wildman–Crippen MR) is 75.8 cm³/mol. The third-order valence-corrected chi connectivity index (χ3v) is 3.87. The SMILES string of the molecule is CCOC(CN1CCC(C(C)C)CCC1=O)OCC. The first-order valence-corrected chi connectivity index (χ1v) is 7.59. The van der Waals surface area contributed by atoms with Gasteiger partial charge in [-0.3, -0.25) is 4.79 Å². The molecule has 0 radical (unpaired) electrons. The van der Waals surface area contributed by atoms with Crippen LogP contribution in [0, 0.1) is 11.8 Å². The fraction of sp³-hybridized carbons (Fsp3) is 0.933. The van der Waals surface area contributed by atoms with Crippen molar-refractivity contribution in [3.63, 3.8) is 0 Å². The number of hydrogen-bond donors (Lipinski definition) is 0. The van der Waals surface area contributed by atoms with Gasteiger partial charge >= 0.3 is 0 Å². The predicted octanol–water partition coefficient (Wildman–Crippen LogP) is 2.67. The number of hydrogen-bond acceptors (Lipinski definition) is 3. The van der Waals surface area contributed by atoms with E-state index in [1.807, 2.05) is 18.7 Å². The summed E-state index contributed by atoms with van der Waals surface area (Å²) in [5.74, 6) is 1.56. The maximum Gasteiger partial charge on any atom is 0.222 e. The van der Waals surface area contributed by atoms with Gasteiger partial charge in [0.2, 0.25) is 5.91 Å². The quantitative estimate of drug-likeness (QED) is 0.668. The van der Waals surface area contributed by atoms with Crippen molar-refractivity contribution in [1.29, 1.82) is 0 Å². The largest absolute Gasteiger partial charge is 0.351 e. The summed E-state index contributed by atoms with van der Waals surface area (Å²) in [5.41, 5.74) is 0. The van der Waals surface area contributed by atoms with Gasteiger partial charge in [0.15, 0.2) is 6.29 Å². The topological polar surface area (TPSA) is 38.8 Å². The van der Waals surface area contributed by atoms with Gasteiger partial charge < -0.3 is 14.4 Å². The van der Waals surface area contributed by atoms with Crippen molar-refractivity contribution < 1.29 is 14.3 Å². The van der Waals surface area contributed by atoms with Crippen LogP contribution in [0.25, 0.3) is 0 Å². The first kappa shape index (κ1) is 16.4. The number of likely N-dealkylation sites (tertiary alicyclic amines) is 1. The molecular formula is C15H29NO3. The minimum absolute atomic E-state index is 0.243. The van der Waals surface area contributed by atoms with Crippen molar-refractivity contribution >= 4 is 5.91 Å². The van der Waals surface area contributed by atoms with Crippen LogP contribution in [0.5, 0.6) is 0 Å². The molecule has 112 valence electrons. The molecule has 19 heavy (non-hydrogen) atoms. The Bertz CT molecular complexity index is 262. The monoisotopic (exact) mass is 271 g/mol. The number of carbonyl (C=O) groups is 1. The molecule has 0 aromatic carbocycles. The van der Waals surface area contributed by atoms with Gasteiger partial charge in [0.05, 0.1) is 6.54 Å². The standard InChI is InChI=1S/C15H29NO3/c1-5-18-15(19-6-2)11-16-10-9-13(12(3)4)7-8-14(16)17/h12-13,15H,5-11H2,1-4H3. The molecule has 1 fully saturated rings. The molecule has 1 aliphatic heterocycles. The van der Waals surface area contributed by atoms with E-state index in [0.29, 0.717) is 38.0 Å². The number of ether oxygens (including phenoxy) is 2. The summed E-state index contributed by atoms with van der Waals surface area (Å²) in [5, 5.41) is 0. The molecule has 0 aromatic heterocycles. The van der Waals surface area contributed by atoms with Crippen molar-refractivity contribution in [3.8, 4) is 0 Å². The van der Waals surface area contributed by atoms with E-state index in [1.165, 1.54) is 0 Å². The van der Waals surface area contributed by atoms with Crippen LogP contribution in [-0.4, -0.2) is 43.4 Å². The average Bonchev–Trinajstić information content (AvgIpc) is 2.53. The number of carbonyl (C=O) groups excluding carboxylic acids is 1. The molecular weight excluding hydrogens is 242 g/mol. The number of amides is 1. The van der Waals surface area contributed by atoms with Crippen molar-refractivity contribution in [2.75, 3.05) is 26.3 Å². The van der Waals surface area contributed by atoms with Gasteiger partial charge in [-0.25, -0.2) is 0 Å². The van der Waals surface area contributed by atoms with E-state index in [-0.39, 0.29) is 12.2 Å². The van der Waals surface area contributed by atoms with Crippen molar-refractivity contribution in [2.24, 2.45) is 11.8 Å². The third-order valence-electron chi connectivity index (χ3n) is 3.87. The van der Waals surface area contributed by atoms with Crippen LogP contribution in [0.4, 0.5) is 0 Å². The fourth-order valence-corrected chi connectivity index (χ4v) is 2.62. The fourth-order valence-electron chi connectivity index (χ4n) is 2.62. The molecule has 0 aliphatic carbocycles. The highest BCUT2D eigenvalue weighted by molar-refractivity contribution is 5.76. The summed E-state index contributed by atoms with van der Waals surface area (Å²) >= 11 is 0. The van der Waals surface area contributed by atoms with Gasteiger partial charge in [-0.15, -0.1) is 0 Å². The third kappa shape index (κ3) is 5.49. The van der Waals surface area contributed by atoms with Gasteiger partial charge in [-0.2, -0.15) is 0 Å². The second kappa shape index (κ2) is 8.54. The number of rotatable bonds is 7. The lowest BCUT2D eigenvalue weighted by Gasteiger charge is -2.26. The maximum absolute atomic E-state index is 12.1. The highest BCUT2D eigenvalue weighted by Crippen LogP contribution is 2.25. The molecule has 1 aliphatic rings. The molecule has 0 bridgehead atoms. The summed E-state index contributed by atoms with van der Waals surface area (Å²) in [7, 11) is 0. The Hall–Kier alpha value is -0.610. The summed E-state index contributed by atoms with van der Waals surface area (Å²) in [6, 6.07) is 0. The molecule has 1 saturated heterocycles. The van der Waals surface area contributed by atoms with Gasteiger partial charge in [-0.1, -0.05) is 13.8 Å². The number of nitrogens with zero attached hydrogens (tertiary/aromatic N) is 1. The molecule has 4 nitrogen and oxygen atoms in total. The van der Waals surface area contributed by atoms with Crippen LogP contribution in [0.2, 0.25) is 0 Å². The Morgan fingerprint density at radius 3 is 2.37 bits per heavy atom. The second-order valence-corrected chi connectivity index (χ2v) is 5.51. The molecule has 1 heterocycles. The van der Waals surface area contributed by atoms with E-state index >= 15 is 0 Å².